The standard InChI is InChI=1S/C16H24N4O/c1-5-13(4)21-15-8-6-7-14(9-15)17-10-16-18-11-19-20(16)12(2)3/h6-9,11-13,17H,5,10H2,1-4H3. The Labute approximate surface area is 126 Å². The van der Waals surface area contributed by atoms with E-state index in [-0.39, 0.29) is 6.10 Å². The van der Waals surface area contributed by atoms with Crippen LogP contribution in [0.25, 0.3) is 0 Å². The number of anilines is 1. The maximum Gasteiger partial charge on any atom is 0.146 e. The summed E-state index contributed by atoms with van der Waals surface area (Å²) < 4.78 is 7.75. The van der Waals surface area contributed by atoms with Gasteiger partial charge in [-0.15, -0.1) is 0 Å². The molecule has 5 nitrogen and oxygen atoms in total. The largest absolute Gasteiger partial charge is 0.491 e. The Morgan fingerprint density at radius 1 is 1.29 bits per heavy atom. The second kappa shape index (κ2) is 7.11. The van der Waals surface area contributed by atoms with Gasteiger partial charge >= 0.3 is 0 Å². The zero-order valence-corrected chi connectivity index (χ0v) is 13.2. The van der Waals surface area contributed by atoms with Crippen LogP contribution in [0.15, 0.2) is 30.6 Å². The van der Waals surface area contributed by atoms with Gasteiger partial charge in [-0.1, -0.05) is 13.0 Å². The molecule has 0 aliphatic heterocycles. The number of ether oxygens (including phenoxy) is 1. The van der Waals surface area contributed by atoms with Crippen LogP contribution in [0.3, 0.4) is 0 Å². The molecule has 1 aromatic carbocycles. The average molecular weight is 288 g/mol. The first-order valence-electron chi connectivity index (χ1n) is 7.49. The first-order valence-corrected chi connectivity index (χ1v) is 7.49. The van der Waals surface area contributed by atoms with Gasteiger partial charge in [0.25, 0.3) is 0 Å². The van der Waals surface area contributed by atoms with Crippen molar-refractivity contribution in [2.45, 2.75) is 52.8 Å². The lowest BCUT2D eigenvalue weighted by molar-refractivity contribution is 0.217. The molecule has 0 aliphatic carbocycles. The summed E-state index contributed by atoms with van der Waals surface area (Å²) >= 11 is 0. The molecule has 0 spiro atoms. The number of rotatable bonds is 7. The molecule has 1 N–H and O–H groups in total. The quantitative estimate of drug-likeness (QED) is 0.845. The minimum absolute atomic E-state index is 0.226. The minimum Gasteiger partial charge on any atom is -0.491 e. The highest BCUT2D eigenvalue weighted by Gasteiger charge is 2.07. The number of nitrogens with zero attached hydrogens (tertiary/aromatic N) is 3. The third kappa shape index (κ3) is 4.21. The highest BCUT2D eigenvalue weighted by molar-refractivity contribution is 5.48. The summed E-state index contributed by atoms with van der Waals surface area (Å²) in [5.41, 5.74) is 1.02. The molecular weight excluding hydrogens is 264 g/mol. The van der Waals surface area contributed by atoms with Crippen LogP contribution in [-0.4, -0.2) is 20.9 Å². The third-order valence-corrected chi connectivity index (χ3v) is 3.33. The minimum atomic E-state index is 0.226. The van der Waals surface area contributed by atoms with Crippen molar-refractivity contribution in [2.75, 3.05) is 5.32 Å². The summed E-state index contributed by atoms with van der Waals surface area (Å²) in [6.45, 7) is 9.03. The van der Waals surface area contributed by atoms with Crippen LogP contribution in [0.4, 0.5) is 5.69 Å². The summed E-state index contributed by atoms with van der Waals surface area (Å²) in [4.78, 5) is 4.29. The summed E-state index contributed by atoms with van der Waals surface area (Å²) in [6, 6.07) is 8.33. The molecule has 1 heterocycles. The first kappa shape index (κ1) is 15.4. The molecule has 0 amide bonds. The van der Waals surface area contributed by atoms with Gasteiger partial charge in [0, 0.05) is 17.8 Å². The van der Waals surface area contributed by atoms with Gasteiger partial charge in [-0.25, -0.2) is 9.67 Å². The molecule has 1 unspecified atom stereocenters. The normalized spacial score (nSPS) is 12.4. The van der Waals surface area contributed by atoms with Crippen LogP contribution in [0.1, 0.15) is 46.0 Å². The molecule has 1 aromatic heterocycles. The maximum absolute atomic E-state index is 5.83. The smallest absolute Gasteiger partial charge is 0.146 e. The number of hydrogen-bond acceptors (Lipinski definition) is 4. The van der Waals surface area contributed by atoms with Gasteiger partial charge in [-0.2, -0.15) is 5.10 Å². The van der Waals surface area contributed by atoms with Crippen LogP contribution in [0, 0.1) is 0 Å². The maximum atomic E-state index is 5.83. The Kier molecular flexibility index (Phi) is 5.20. The summed E-state index contributed by atoms with van der Waals surface area (Å²) in [5, 5.41) is 7.61. The fraction of sp³-hybridized carbons (Fsp3) is 0.500. The van der Waals surface area contributed by atoms with Gasteiger partial charge in [0.05, 0.1) is 12.6 Å². The van der Waals surface area contributed by atoms with Crippen molar-refractivity contribution >= 4 is 5.69 Å². The SMILES string of the molecule is CCC(C)Oc1cccc(NCc2ncnn2C(C)C)c1. The van der Waals surface area contributed by atoms with E-state index in [0.717, 1.165) is 23.7 Å². The van der Waals surface area contributed by atoms with Gasteiger partial charge < -0.3 is 10.1 Å². The molecule has 0 aliphatic rings. The monoisotopic (exact) mass is 288 g/mol. The van der Waals surface area contributed by atoms with Crippen LogP contribution in [0.2, 0.25) is 0 Å². The van der Waals surface area contributed by atoms with Gasteiger partial charge in [0.2, 0.25) is 0 Å². The number of hydrogen-bond donors (Lipinski definition) is 1. The molecule has 114 valence electrons. The van der Waals surface area contributed by atoms with E-state index in [2.05, 4.69) is 43.1 Å². The van der Waals surface area contributed by atoms with Crippen LogP contribution < -0.4 is 10.1 Å². The fourth-order valence-electron chi connectivity index (χ4n) is 2.01. The lowest BCUT2D eigenvalue weighted by atomic mass is 10.2. The van der Waals surface area contributed by atoms with Crippen molar-refractivity contribution in [1.82, 2.24) is 14.8 Å². The lowest BCUT2D eigenvalue weighted by Gasteiger charge is -2.14. The van der Waals surface area contributed by atoms with Gasteiger partial charge in [-0.05, 0) is 39.3 Å². The van der Waals surface area contributed by atoms with Crippen molar-refractivity contribution in [3.05, 3.63) is 36.4 Å². The Hall–Kier alpha value is -2.04. The zero-order chi connectivity index (χ0) is 15.2. The van der Waals surface area contributed by atoms with Gasteiger partial charge in [-0.3, -0.25) is 0 Å². The third-order valence-electron chi connectivity index (χ3n) is 3.33. The van der Waals surface area contributed by atoms with Crippen molar-refractivity contribution in [3.8, 4) is 5.75 Å². The summed E-state index contributed by atoms with van der Waals surface area (Å²) in [7, 11) is 0. The molecule has 5 heteroatoms. The van der Waals surface area contributed by atoms with Crippen molar-refractivity contribution in [1.29, 1.82) is 0 Å². The van der Waals surface area contributed by atoms with Crippen molar-refractivity contribution < 1.29 is 4.74 Å². The highest BCUT2D eigenvalue weighted by Crippen LogP contribution is 2.19. The molecule has 1 atom stereocenters. The molecule has 0 fully saturated rings. The molecule has 0 bridgehead atoms. The van der Waals surface area contributed by atoms with E-state index in [4.69, 9.17) is 4.74 Å². The Bertz CT molecular complexity index is 565. The van der Waals surface area contributed by atoms with E-state index >= 15 is 0 Å². The molecule has 2 rings (SSSR count). The zero-order valence-electron chi connectivity index (χ0n) is 13.2. The van der Waals surface area contributed by atoms with Crippen molar-refractivity contribution in [3.63, 3.8) is 0 Å². The molecular formula is C16H24N4O. The summed E-state index contributed by atoms with van der Waals surface area (Å²) in [5.74, 6) is 1.82. The number of benzene rings is 1. The topological polar surface area (TPSA) is 52.0 Å². The van der Waals surface area contributed by atoms with E-state index in [1.54, 1.807) is 6.33 Å². The van der Waals surface area contributed by atoms with E-state index in [1.807, 2.05) is 28.9 Å². The molecule has 21 heavy (non-hydrogen) atoms. The molecule has 2 aromatic rings. The van der Waals surface area contributed by atoms with Gasteiger partial charge in [0.15, 0.2) is 0 Å². The van der Waals surface area contributed by atoms with Crippen molar-refractivity contribution in [2.24, 2.45) is 0 Å². The van der Waals surface area contributed by atoms with Crippen LogP contribution >= 0.6 is 0 Å². The Morgan fingerprint density at radius 2 is 2.10 bits per heavy atom. The summed E-state index contributed by atoms with van der Waals surface area (Å²) in [6.07, 6.45) is 2.82. The van der Waals surface area contributed by atoms with Crippen LogP contribution in [-0.2, 0) is 6.54 Å². The predicted molar refractivity (Wildman–Crippen MR) is 84.6 cm³/mol. The molecule has 0 saturated carbocycles. The highest BCUT2D eigenvalue weighted by atomic mass is 16.5. The van der Waals surface area contributed by atoms with E-state index in [9.17, 15) is 0 Å². The molecule has 0 radical (unpaired) electrons. The Morgan fingerprint density at radius 3 is 2.81 bits per heavy atom. The molecule has 0 saturated heterocycles. The predicted octanol–water partition coefficient (Wildman–Crippen LogP) is 3.65. The van der Waals surface area contributed by atoms with E-state index < -0.39 is 0 Å². The van der Waals surface area contributed by atoms with Gasteiger partial charge in [0.1, 0.15) is 17.9 Å². The number of aromatic nitrogens is 3. The lowest BCUT2D eigenvalue weighted by Crippen LogP contribution is -2.12. The first-order chi connectivity index (χ1) is 10.1. The second-order valence-electron chi connectivity index (χ2n) is 5.43. The average Bonchev–Trinajstić information content (AvgIpc) is 2.94. The Balaban J connectivity index is 2.00. The van der Waals surface area contributed by atoms with E-state index in [0.29, 0.717) is 12.6 Å². The van der Waals surface area contributed by atoms with E-state index in [1.165, 1.54) is 0 Å². The number of nitrogens with one attached hydrogen (secondary N) is 1. The fourth-order valence-corrected chi connectivity index (χ4v) is 2.01. The van der Waals surface area contributed by atoms with Crippen LogP contribution in [0.5, 0.6) is 5.75 Å². The second-order valence-corrected chi connectivity index (χ2v) is 5.43.